The van der Waals surface area contributed by atoms with Crippen molar-refractivity contribution in [2.45, 2.75) is 6.92 Å². The Morgan fingerprint density at radius 3 is 2.63 bits per heavy atom. The van der Waals surface area contributed by atoms with Gasteiger partial charge in [0.05, 0.1) is 4.47 Å². The summed E-state index contributed by atoms with van der Waals surface area (Å²) in [5.74, 6) is -0.843. The Labute approximate surface area is 118 Å². The molecule has 98 valence electrons. The van der Waals surface area contributed by atoms with Crippen molar-refractivity contribution in [2.24, 2.45) is 0 Å². The Balaban J connectivity index is 2.22. The van der Waals surface area contributed by atoms with Crippen molar-refractivity contribution >= 4 is 27.5 Å². The van der Waals surface area contributed by atoms with Crippen LogP contribution in [-0.4, -0.2) is 11.0 Å². The zero-order chi connectivity index (χ0) is 14.0. The van der Waals surface area contributed by atoms with Crippen LogP contribution in [0.3, 0.4) is 0 Å². The number of aryl methyl sites for hydroxylation is 1. The number of carbonyl (C=O) groups is 1. The molecule has 0 saturated heterocycles. The van der Waals surface area contributed by atoms with Gasteiger partial charge in [-0.25, -0.2) is 4.39 Å². The molecule has 2 aromatic rings. The van der Waals surface area contributed by atoms with E-state index in [1.807, 2.05) is 0 Å². The zero-order valence-corrected chi connectivity index (χ0v) is 11.7. The number of phenolic OH excluding ortho intramolecular Hbond substituents is 1. The van der Waals surface area contributed by atoms with Crippen LogP contribution in [0, 0.1) is 12.7 Å². The molecule has 5 heteroatoms. The minimum atomic E-state index is -0.409. The lowest BCUT2D eigenvalue weighted by molar-refractivity contribution is 0.102. The van der Waals surface area contributed by atoms with Gasteiger partial charge in [0.1, 0.15) is 11.6 Å². The van der Waals surface area contributed by atoms with Gasteiger partial charge >= 0.3 is 0 Å². The van der Waals surface area contributed by atoms with Crippen molar-refractivity contribution in [1.82, 2.24) is 0 Å². The second kappa shape index (κ2) is 5.40. The third-order valence-electron chi connectivity index (χ3n) is 2.51. The third-order valence-corrected chi connectivity index (χ3v) is 3.18. The Bertz CT molecular complexity index is 623. The predicted molar refractivity (Wildman–Crippen MR) is 74.9 cm³/mol. The maximum atomic E-state index is 13.2. The van der Waals surface area contributed by atoms with E-state index in [0.717, 1.165) is 0 Å². The highest BCUT2D eigenvalue weighted by Crippen LogP contribution is 2.24. The van der Waals surface area contributed by atoms with Crippen molar-refractivity contribution in [1.29, 1.82) is 0 Å². The summed E-state index contributed by atoms with van der Waals surface area (Å²) in [6.07, 6.45) is 0. The molecule has 0 heterocycles. The lowest BCUT2D eigenvalue weighted by atomic mass is 10.1. The molecule has 1 amide bonds. The van der Waals surface area contributed by atoms with Crippen molar-refractivity contribution in [2.75, 3.05) is 5.32 Å². The van der Waals surface area contributed by atoms with Crippen molar-refractivity contribution in [3.8, 4) is 5.75 Å². The van der Waals surface area contributed by atoms with Crippen LogP contribution < -0.4 is 5.32 Å². The fraction of sp³-hybridized carbons (Fsp3) is 0.0714. The van der Waals surface area contributed by atoms with Crippen LogP contribution in [-0.2, 0) is 0 Å². The van der Waals surface area contributed by atoms with Gasteiger partial charge in [-0.2, -0.15) is 0 Å². The molecule has 3 nitrogen and oxygen atoms in total. The van der Waals surface area contributed by atoms with Gasteiger partial charge in [-0.1, -0.05) is 0 Å². The molecule has 2 aromatic carbocycles. The fourth-order valence-electron chi connectivity index (χ4n) is 1.67. The number of nitrogens with one attached hydrogen (secondary N) is 1. The van der Waals surface area contributed by atoms with E-state index in [2.05, 4.69) is 21.2 Å². The molecular weight excluding hydrogens is 313 g/mol. The number of rotatable bonds is 2. The molecule has 0 unspecified atom stereocenters. The first kappa shape index (κ1) is 13.5. The number of hydrogen-bond acceptors (Lipinski definition) is 2. The molecule has 2 rings (SSSR count). The van der Waals surface area contributed by atoms with Crippen LogP contribution in [0.25, 0.3) is 0 Å². The number of halogens is 2. The van der Waals surface area contributed by atoms with E-state index in [-0.39, 0.29) is 5.75 Å². The van der Waals surface area contributed by atoms with Crippen LogP contribution in [0.15, 0.2) is 40.9 Å². The van der Waals surface area contributed by atoms with Crippen LogP contribution in [0.5, 0.6) is 5.75 Å². The number of hydrogen-bond donors (Lipinski definition) is 2. The summed E-state index contributed by atoms with van der Waals surface area (Å²) in [7, 11) is 0. The van der Waals surface area contributed by atoms with E-state index in [1.54, 1.807) is 25.1 Å². The zero-order valence-electron chi connectivity index (χ0n) is 10.1. The first-order valence-corrected chi connectivity index (χ1v) is 6.32. The Kier molecular flexibility index (Phi) is 3.85. The first-order chi connectivity index (χ1) is 8.95. The highest BCUT2D eigenvalue weighted by Gasteiger charge is 2.09. The molecule has 0 aliphatic rings. The average Bonchev–Trinajstić information content (AvgIpc) is 2.31. The number of carbonyl (C=O) groups excluding carboxylic acids is 1. The molecule has 0 aliphatic heterocycles. The monoisotopic (exact) mass is 323 g/mol. The Morgan fingerprint density at radius 2 is 2.00 bits per heavy atom. The molecule has 19 heavy (non-hydrogen) atoms. The maximum absolute atomic E-state index is 13.2. The van der Waals surface area contributed by atoms with Crippen molar-refractivity contribution < 1.29 is 14.3 Å². The van der Waals surface area contributed by atoms with Gasteiger partial charge < -0.3 is 10.4 Å². The molecular formula is C14H11BrFNO2. The summed E-state index contributed by atoms with van der Waals surface area (Å²) in [5.41, 5.74) is 1.39. The quantitative estimate of drug-likeness (QED) is 0.881. The SMILES string of the molecule is Cc1cc(F)cc(NC(=O)c2ccc(Br)c(O)c2)c1. The third kappa shape index (κ3) is 3.32. The average molecular weight is 324 g/mol. The van der Waals surface area contributed by atoms with E-state index >= 15 is 0 Å². The van der Waals surface area contributed by atoms with Crippen LogP contribution in [0.2, 0.25) is 0 Å². The van der Waals surface area contributed by atoms with E-state index < -0.39 is 11.7 Å². The number of anilines is 1. The number of benzene rings is 2. The van der Waals surface area contributed by atoms with Crippen LogP contribution in [0.1, 0.15) is 15.9 Å². The summed E-state index contributed by atoms with van der Waals surface area (Å²) in [4.78, 5) is 11.9. The van der Waals surface area contributed by atoms with Crippen molar-refractivity contribution in [3.05, 3.63) is 57.8 Å². The molecule has 0 aromatic heterocycles. The summed E-state index contributed by atoms with van der Waals surface area (Å²) in [5, 5.41) is 12.1. The summed E-state index contributed by atoms with van der Waals surface area (Å²) in [6, 6.07) is 8.75. The number of aromatic hydroxyl groups is 1. The summed E-state index contributed by atoms with van der Waals surface area (Å²) in [6.45, 7) is 1.74. The molecule has 0 bridgehead atoms. The van der Waals surface area contributed by atoms with Gasteiger partial charge in [-0.05, 0) is 64.8 Å². The smallest absolute Gasteiger partial charge is 0.255 e. The molecule has 0 saturated carbocycles. The minimum Gasteiger partial charge on any atom is -0.507 e. The highest BCUT2D eigenvalue weighted by atomic mass is 79.9. The van der Waals surface area contributed by atoms with Gasteiger partial charge in [0.25, 0.3) is 5.91 Å². The van der Waals surface area contributed by atoms with Crippen LogP contribution in [0.4, 0.5) is 10.1 Å². The van der Waals surface area contributed by atoms with Gasteiger partial charge in [-0.3, -0.25) is 4.79 Å². The lowest BCUT2D eigenvalue weighted by Gasteiger charge is -2.07. The Morgan fingerprint density at radius 1 is 1.26 bits per heavy atom. The van der Waals surface area contributed by atoms with E-state index in [9.17, 15) is 14.3 Å². The fourth-order valence-corrected chi connectivity index (χ4v) is 1.91. The second-order valence-electron chi connectivity index (χ2n) is 4.14. The highest BCUT2D eigenvalue weighted by molar-refractivity contribution is 9.10. The molecule has 0 radical (unpaired) electrons. The van der Waals surface area contributed by atoms with Gasteiger partial charge in [-0.15, -0.1) is 0 Å². The van der Waals surface area contributed by atoms with Gasteiger partial charge in [0.15, 0.2) is 0 Å². The number of amides is 1. The normalized spacial score (nSPS) is 10.3. The molecule has 2 N–H and O–H groups in total. The maximum Gasteiger partial charge on any atom is 0.255 e. The molecule has 0 atom stereocenters. The second-order valence-corrected chi connectivity index (χ2v) is 4.99. The summed E-state index contributed by atoms with van der Waals surface area (Å²) >= 11 is 3.13. The number of phenols is 1. The topological polar surface area (TPSA) is 49.3 Å². The van der Waals surface area contributed by atoms with E-state index in [1.165, 1.54) is 18.2 Å². The first-order valence-electron chi connectivity index (χ1n) is 5.53. The molecule has 0 aliphatic carbocycles. The van der Waals surface area contributed by atoms with E-state index in [0.29, 0.717) is 21.3 Å². The predicted octanol–water partition coefficient (Wildman–Crippen LogP) is 3.85. The molecule has 0 fully saturated rings. The van der Waals surface area contributed by atoms with Crippen LogP contribution >= 0.6 is 15.9 Å². The standard InChI is InChI=1S/C14H11BrFNO2/c1-8-4-10(16)7-11(5-8)17-14(19)9-2-3-12(15)13(18)6-9/h2-7,18H,1H3,(H,17,19). The minimum absolute atomic E-state index is 0.0249. The van der Waals surface area contributed by atoms with E-state index in [4.69, 9.17) is 0 Å². The molecule has 0 spiro atoms. The lowest BCUT2D eigenvalue weighted by Crippen LogP contribution is -2.12. The van der Waals surface area contributed by atoms with Crippen molar-refractivity contribution in [3.63, 3.8) is 0 Å². The summed E-state index contributed by atoms with van der Waals surface area (Å²) < 4.78 is 13.7. The largest absolute Gasteiger partial charge is 0.507 e. The van der Waals surface area contributed by atoms with Gasteiger partial charge in [0.2, 0.25) is 0 Å². The van der Waals surface area contributed by atoms with Gasteiger partial charge in [0, 0.05) is 11.3 Å². The Hall–Kier alpha value is -1.88.